The van der Waals surface area contributed by atoms with Crippen LogP contribution in [0.25, 0.3) is 11.8 Å². The zero-order chi connectivity index (χ0) is 16.4. The van der Waals surface area contributed by atoms with Crippen molar-refractivity contribution in [3.05, 3.63) is 51.3 Å². The first-order chi connectivity index (χ1) is 10.3. The molecule has 0 aliphatic carbocycles. The van der Waals surface area contributed by atoms with Gasteiger partial charge in [-0.25, -0.2) is 9.48 Å². The summed E-state index contributed by atoms with van der Waals surface area (Å²) in [7, 11) is 0. The fourth-order valence-corrected chi connectivity index (χ4v) is 2.39. The van der Waals surface area contributed by atoms with E-state index in [1.165, 1.54) is 6.08 Å². The third-order valence-electron chi connectivity index (χ3n) is 3.28. The van der Waals surface area contributed by atoms with Crippen LogP contribution in [0.4, 0.5) is 0 Å². The quantitative estimate of drug-likeness (QED) is 0.695. The molecule has 0 unspecified atom stereocenters. The largest absolute Gasteiger partial charge is 0.477 e. The summed E-state index contributed by atoms with van der Waals surface area (Å²) in [5, 5.41) is 22.5. The number of carboxylic acids is 1. The highest BCUT2D eigenvalue weighted by Crippen LogP contribution is 2.27. The summed E-state index contributed by atoms with van der Waals surface area (Å²) in [6.45, 7) is 5.62. The van der Waals surface area contributed by atoms with Crippen molar-refractivity contribution in [1.82, 2.24) is 9.78 Å². The Balaban J connectivity index is 2.64. The molecule has 2 rings (SSSR count). The molecule has 0 spiro atoms. The Morgan fingerprint density at radius 2 is 2.09 bits per heavy atom. The van der Waals surface area contributed by atoms with Crippen LogP contribution in [0.5, 0.6) is 0 Å². The number of carboxylic acid groups (broad SMARTS) is 1. The lowest BCUT2D eigenvalue weighted by atomic mass is 10.1. The summed E-state index contributed by atoms with van der Waals surface area (Å²) in [6.07, 6.45) is 1.24. The van der Waals surface area contributed by atoms with Crippen LogP contribution in [-0.2, 0) is 4.79 Å². The SMILES string of the molecule is Cc1ccc(C)c(-n2nc(C)c(C=C(C#N)C(=O)O)c2Cl)c1. The molecule has 0 aliphatic rings. The number of hydrogen-bond donors (Lipinski definition) is 1. The number of aryl methyl sites for hydroxylation is 3. The van der Waals surface area contributed by atoms with Crippen molar-refractivity contribution in [1.29, 1.82) is 5.26 Å². The molecule has 0 amide bonds. The van der Waals surface area contributed by atoms with E-state index in [2.05, 4.69) is 5.10 Å². The van der Waals surface area contributed by atoms with Crippen LogP contribution in [0, 0.1) is 32.1 Å². The van der Waals surface area contributed by atoms with Crippen LogP contribution in [0.15, 0.2) is 23.8 Å². The highest BCUT2D eigenvalue weighted by molar-refractivity contribution is 6.31. The van der Waals surface area contributed by atoms with Gasteiger partial charge in [0.05, 0.1) is 11.4 Å². The van der Waals surface area contributed by atoms with E-state index < -0.39 is 5.97 Å². The summed E-state index contributed by atoms with van der Waals surface area (Å²) in [5.74, 6) is -1.29. The molecule has 6 heteroatoms. The smallest absolute Gasteiger partial charge is 0.346 e. The molecule has 0 fully saturated rings. The van der Waals surface area contributed by atoms with Gasteiger partial charge in [0.2, 0.25) is 0 Å². The predicted molar refractivity (Wildman–Crippen MR) is 84.0 cm³/mol. The summed E-state index contributed by atoms with van der Waals surface area (Å²) < 4.78 is 1.56. The second kappa shape index (κ2) is 6.04. The predicted octanol–water partition coefficient (Wildman–Crippen LogP) is 3.44. The molecule has 1 N–H and O–H groups in total. The Morgan fingerprint density at radius 1 is 1.41 bits per heavy atom. The number of aromatic nitrogens is 2. The number of rotatable bonds is 3. The van der Waals surface area contributed by atoms with Gasteiger partial charge in [-0.1, -0.05) is 23.7 Å². The van der Waals surface area contributed by atoms with Gasteiger partial charge in [0.1, 0.15) is 16.8 Å². The normalized spacial score (nSPS) is 11.3. The molecule has 22 heavy (non-hydrogen) atoms. The standard InChI is InChI=1S/C16H14ClN3O2/c1-9-4-5-10(2)14(6-9)20-15(17)13(11(3)19-20)7-12(8-18)16(21)22/h4-7H,1-3H3,(H,21,22). The first-order valence-corrected chi connectivity index (χ1v) is 6.90. The molecule has 0 saturated heterocycles. The van der Waals surface area contributed by atoms with Crippen molar-refractivity contribution in [3.63, 3.8) is 0 Å². The Morgan fingerprint density at radius 3 is 2.68 bits per heavy atom. The Kier molecular flexibility index (Phi) is 4.34. The van der Waals surface area contributed by atoms with Crippen LogP contribution in [0.3, 0.4) is 0 Å². The Hall–Kier alpha value is -2.58. The number of hydrogen-bond acceptors (Lipinski definition) is 3. The minimum absolute atomic E-state index is 0.278. The molecule has 1 aromatic heterocycles. The summed E-state index contributed by atoms with van der Waals surface area (Å²) >= 11 is 6.35. The van der Waals surface area contributed by atoms with Crippen molar-refractivity contribution in [3.8, 4) is 11.8 Å². The van der Waals surface area contributed by atoms with Gasteiger partial charge >= 0.3 is 5.97 Å². The van der Waals surface area contributed by atoms with Crippen LogP contribution < -0.4 is 0 Å². The molecule has 0 radical (unpaired) electrons. The van der Waals surface area contributed by atoms with Crippen molar-refractivity contribution in [2.24, 2.45) is 0 Å². The van der Waals surface area contributed by atoms with Gasteiger partial charge in [0.15, 0.2) is 0 Å². The molecular weight excluding hydrogens is 302 g/mol. The van der Waals surface area contributed by atoms with E-state index in [4.69, 9.17) is 22.0 Å². The zero-order valence-electron chi connectivity index (χ0n) is 12.4. The number of nitriles is 1. The maximum Gasteiger partial charge on any atom is 0.346 e. The van der Waals surface area contributed by atoms with Gasteiger partial charge in [-0.3, -0.25) is 0 Å². The van der Waals surface area contributed by atoms with Crippen LogP contribution >= 0.6 is 11.6 Å². The molecule has 2 aromatic rings. The maximum absolute atomic E-state index is 11.0. The van der Waals surface area contributed by atoms with Gasteiger partial charge in [0.25, 0.3) is 0 Å². The average Bonchev–Trinajstić information content (AvgIpc) is 2.74. The van der Waals surface area contributed by atoms with E-state index in [1.807, 2.05) is 32.0 Å². The fourth-order valence-electron chi connectivity index (χ4n) is 2.07. The minimum atomic E-state index is -1.29. The highest BCUT2D eigenvalue weighted by atomic mass is 35.5. The first-order valence-electron chi connectivity index (χ1n) is 6.53. The molecule has 112 valence electrons. The molecule has 0 aliphatic heterocycles. The minimum Gasteiger partial charge on any atom is -0.477 e. The topological polar surface area (TPSA) is 78.9 Å². The van der Waals surface area contributed by atoms with Crippen molar-refractivity contribution in [2.75, 3.05) is 0 Å². The number of benzene rings is 1. The summed E-state index contributed by atoms with van der Waals surface area (Å²) in [5.41, 5.74) is 3.47. The third-order valence-corrected chi connectivity index (χ3v) is 3.64. The van der Waals surface area contributed by atoms with Crippen molar-refractivity contribution < 1.29 is 9.90 Å². The second-order valence-electron chi connectivity index (χ2n) is 4.97. The van der Waals surface area contributed by atoms with Gasteiger partial charge in [-0.2, -0.15) is 10.4 Å². The highest BCUT2D eigenvalue weighted by Gasteiger charge is 2.17. The van der Waals surface area contributed by atoms with E-state index in [0.29, 0.717) is 11.3 Å². The van der Waals surface area contributed by atoms with Crippen molar-refractivity contribution in [2.45, 2.75) is 20.8 Å². The first kappa shape index (κ1) is 15.8. The molecular formula is C16H14ClN3O2. The van der Waals surface area contributed by atoms with Gasteiger partial charge in [-0.05, 0) is 44.0 Å². The molecule has 1 aromatic carbocycles. The molecule has 0 saturated carbocycles. The fraction of sp³-hybridized carbons (Fsp3) is 0.188. The monoisotopic (exact) mass is 315 g/mol. The number of halogens is 1. The number of carbonyl (C=O) groups is 1. The third kappa shape index (κ3) is 2.87. The Labute approximate surface area is 133 Å². The molecule has 0 bridgehead atoms. The van der Waals surface area contributed by atoms with Gasteiger partial charge in [0, 0.05) is 5.56 Å². The van der Waals surface area contributed by atoms with Crippen LogP contribution in [-0.4, -0.2) is 20.9 Å². The van der Waals surface area contributed by atoms with Crippen LogP contribution in [0.1, 0.15) is 22.4 Å². The summed E-state index contributed by atoms with van der Waals surface area (Å²) in [4.78, 5) is 11.0. The second-order valence-corrected chi connectivity index (χ2v) is 5.32. The van der Waals surface area contributed by atoms with E-state index >= 15 is 0 Å². The average molecular weight is 316 g/mol. The van der Waals surface area contributed by atoms with E-state index in [-0.39, 0.29) is 10.7 Å². The lowest BCUT2D eigenvalue weighted by Crippen LogP contribution is -2.00. The maximum atomic E-state index is 11.0. The van der Waals surface area contributed by atoms with E-state index in [1.54, 1.807) is 17.7 Å². The molecule has 1 heterocycles. The summed E-state index contributed by atoms with van der Waals surface area (Å²) in [6, 6.07) is 7.54. The van der Waals surface area contributed by atoms with Crippen molar-refractivity contribution >= 4 is 23.6 Å². The van der Waals surface area contributed by atoms with E-state index in [9.17, 15) is 4.79 Å². The lowest BCUT2D eigenvalue weighted by molar-refractivity contribution is -0.132. The number of aliphatic carboxylic acids is 1. The van der Waals surface area contributed by atoms with E-state index in [0.717, 1.165) is 16.8 Å². The van der Waals surface area contributed by atoms with Gasteiger partial charge < -0.3 is 5.11 Å². The zero-order valence-corrected chi connectivity index (χ0v) is 13.1. The molecule has 0 atom stereocenters. The lowest BCUT2D eigenvalue weighted by Gasteiger charge is -2.08. The number of nitrogens with zero attached hydrogens (tertiary/aromatic N) is 3. The molecule has 5 nitrogen and oxygen atoms in total. The van der Waals surface area contributed by atoms with Crippen LogP contribution in [0.2, 0.25) is 5.15 Å². The Bertz CT molecular complexity index is 829. The van der Waals surface area contributed by atoms with Gasteiger partial charge in [-0.15, -0.1) is 0 Å².